The van der Waals surface area contributed by atoms with Crippen molar-refractivity contribution in [3.63, 3.8) is 0 Å². The van der Waals surface area contributed by atoms with E-state index in [0.717, 1.165) is 16.7 Å². The maximum atomic E-state index is 12.7. The van der Waals surface area contributed by atoms with Crippen molar-refractivity contribution >= 4 is 160 Å². The molecule has 6 rings (SSSR count). The molecule has 0 radical (unpaired) electrons. The first kappa shape index (κ1) is 57.1. The molecule has 0 aliphatic carbocycles. The van der Waals surface area contributed by atoms with Gasteiger partial charge in [0.2, 0.25) is 0 Å². The van der Waals surface area contributed by atoms with Gasteiger partial charge in [-0.2, -0.15) is 0 Å². The molecule has 10 nitrogen and oxygen atoms in total. The fraction of sp³-hybridized carbons (Fsp3) is 0.114. The van der Waals surface area contributed by atoms with E-state index in [9.17, 15) is 34.8 Å². The van der Waals surface area contributed by atoms with Crippen LogP contribution in [0.3, 0.4) is 0 Å². The molecule has 0 saturated heterocycles. The lowest BCUT2D eigenvalue weighted by molar-refractivity contribution is -0.131. The second kappa shape index (κ2) is 29.0. The molecule has 0 saturated carbocycles. The maximum Gasteiger partial charge on any atom is 0.308 e. The van der Waals surface area contributed by atoms with Crippen molar-refractivity contribution in [2.45, 2.75) is 35.1 Å². The van der Waals surface area contributed by atoms with Crippen molar-refractivity contribution in [3.8, 4) is 51.4 Å². The normalized spacial score (nSPS) is 10.2. The second-order valence-electron chi connectivity index (χ2n) is 13.1. The summed E-state index contributed by atoms with van der Waals surface area (Å²) in [6, 6.07) is 18.4. The molecule has 354 valence electrons. The van der Waals surface area contributed by atoms with Crippen LogP contribution in [0.2, 0.25) is 0 Å². The number of benzene rings is 4. The van der Waals surface area contributed by atoms with E-state index in [-0.39, 0.29) is 63.5 Å². The van der Waals surface area contributed by atoms with Gasteiger partial charge in [-0.3, -0.25) is 14.4 Å². The molecule has 0 aliphatic heterocycles. The van der Waals surface area contributed by atoms with E-state index >= 15 is 0 Å². The predicted molar refractivity (Wildman–Crippen MR) is 309 cm³/mol. The summed E-state index contributed by atoms with van der Waals surface area (Å²) in [5.74, 6) is 0.0350. The maximum absolute atomic E-state index is 12.7. The number of ether oxygens (including phenoxy) is 1. The zero-order valence-corrected chi connectivity index (χ0v) is 45.3. The van der Waals surface area contributed by atoms with Gasteiger partial charge >= 0.3 is 5.97 Å². The number of rotatable bonds is 7. The van der Waals surface area contributed by atoms with Crippen molar-refractivity contribution in [2.75, 3.05) is 0 Å². The van der Waals surface area contributed by atoms with Gasteiger partial charge in [0.05, 0.1) is 5.56 Å². The molecule has 0 atom stereocenters. The Bertz CT molecular complexity index is 3520. The smallest absolute Gasteiger partial charge is 0.308 e. The largest absolute Gasteiger partial charge is 0.508 e. The number of phenolic OH excluding ortho intramolecular Hbond substituents is 4. The SMILES string of the molecule is C.C=C(C)/C=C/c1c(C)cc2oc(-c3ccc(OC(C)=O)cc3)cc(=O)c2c1O.C=C(C)/C=C/c1c(O)cc2oc(-c3ccc(O)cc3)cc(=O)c2c1O.S=S=S=S=S=S=S=S=S=S=S=S=S. The minimum atomic E-state index is -0.438. The summed E-state index contributed by atoms with van der Waals surface area (Å²) in [6.45, 7) is 14.3. The standard InChI is InChI=1S/C23H20O5.C20H16O5.CH4.S13/c1-13(2)5-10-18-14(3)11-21-22(23(18)26)19(25)12-20(28-21)16-6-8-17(9-7-16)27-15(4)24;1-11(2)3-8-14-15(22)9-18-19(20(14)24)16(23)10-17(25-18)12-4-6-13(21)7-5-12;;1-3-5-7-9-11-13-12-10-8-6-4-2/h5-12,26H,1H2,2-4H3;3-10,21-22,24H,1H2,2H3;1H4;/b10-5+;8-3+;;. The van der Waals surface area contributed by atoms with Crippen LogP contribution >= 0.6 is 0 Å². The van der Waals surface area contributed by atoms with Crippen LogP contribution in [0, 0.1) is 6.92 Å². The van der Waals surface area contributed by atoms with Crippen molar-refractivity contribution in [1.29, 1.82) is 0 Å². The van der Waals surface area contributed by atoms with Crippen LogP contribution in [0.25, 0.3) is 56.7 Å². The first-order valence-electron chi connectivity index (χ1n) is 18.2. The molecule has 67 heavy (non-hydrogen) atoms. The average molecular weight is 1150 g/mol. The fourth-order valence-corrected chi connectivity index (χ4v) is 30.1. The highest BCUT2D eigenvalue weighted by Crippen LogP contribution is 2.37. The van der Waals surface area contributed by atoms with Gasteiger partial charge < -0.3 is 34.0 Å². The monoisotopic (exact) mass is 1140 g/mol. The summed E-state index contributed by atoms with van der Waals surface area (Å²) in [5.41, 5.74) is 3.84. The Hall–Kier alpha value is -4.21. The lowest BCUT2D eigenvalue weighted by atomic mass is 10.0. The van der Waals surface area contributed by atoms with Crippen LogP contribution in [0.15, 0.2) is 128 Å². The molecule has 0 aliphatic rings. The molecule has 0 bridgehead atoms. The molecule has 23 heteroatoms. The number of carbonyl (C=O) groups excluding carboxylic acids is 1. The summed E-state index contributed by atoms with van der Waals surface area (Å²) in [7, 11) is 18.1. The van der Waals surface area contributed by atoms with Crippen molar-refractivity contribution in [1.82, 2.24) is 0 Å². The van der Waals surface area contributed by atoms with Gasteiger partial charge in [0.25, 0.3) is 0 Å². The van der Waals surface area contributed by atoms with Crippen LogP contribution in [0.1, 0.15) is 44.9 Å². The van der Waals surface area contributed by atoms with E-state index < -0.39 is 11.4 Å². The Morgan fingerprint density at radius 3 is 1.45 bits per heavy atom. The molecule has 6 aromatic rings. The molecule has 0 unspecified atom stereocenters. The summed E-state index contributed by atoms with van der Waals surface area (Å²) in [6.07, 6.45) is 6.61. The third-order valence-corrected chi connectivity index (χ3v) is 30.4. The molecule has 2 aromatic heterocycles. The number of aryl methyl sites for hydroxylation is 1. The quantitative estimate of drug-likeness (QED) is 0.0680. The number of phenols is 4. The number of carbonyl (C=O) groups is 1. The minimum Gasteiger partial charge on any atom is -0.508 e. The van der Waals surface area contributed by atoms with Gasteiger partial charge in [-0.05, 0) is 87.0 Å². The molecule has 0 fully saturated rings. The van der Waals surface area contributed by atoms with Gasteiger partial charge in [-0.15, -0.1) is 0 Å². The van der Waals surface area contributed by atoms with E-state index in [1.54, 1.807) is 148 Å². The first-order chi connectivity index (χ1) is 31.5. The molecule has 0 amide bonds. The van der Waals surface area contributed by atoms with Crippen LogP contribution in [0.5, 0.6) is 28.7 Å². The number of hydrogen-bond donors (Lipinski definition) is 4. The number of aromatic hydroxyl groups is 4. The topological polar surface area (TPSA) is 168 Å². The molecular weight excluding hydrogens is 1110 g/mol. The van der Waals surface area contributed by atoms with E-state index in [1.165, 1.54) is 61.1 Å². The number of fused-ring (bicyclic) bond motifs is 2. The van der Waals surface area contributed by atoms with Gasteiger partial charge in [0, 0.05) is 162 Å². The van der Waals surface area contributed by atoms with Gasteiger partial charge in [-0.25, -0.2) is 0 Å². The zero-order chi connectivity index (χ0) is 48.3. The Balaban J connectivity index is 0.000000282. The highest BCUT2D eigenvalue weighted by Gasteiger charge is 2.18. The average Bonchev–Trinajstić information content (AvgIpc) is 3.25. The second-order valence-corrected chi connectivity index (χ2v) is 32.5. The van der Waals surface area contributed by atoms with E-state index in [0.29, 0.717) is 33.8 Å². The van der Waals surface area contributed by atoms with E-state index in [1.807, 2.05) is 13.8 Å². The van der Waals surface area contributed by atoms with Crippen LogP contribution < -0.4 is 15.6 Å². The highest BCUT2D eigenvalue weighted by molar-refractivity contribution is 8.75. The minimum absolute atomic E-state index is 0. The molecule has 4 N–H and O–H groups in total. The Morgan fingerprint density at radius 2 is 1.01 bits per heavy atom. The van der Waals surface area contributed by atoms with Crippen molar-refractivity contribution in [2.24, 2.45) is 0 Å². The van der Waals surface area contributed by atoms with E-state index in [4.69, 9.17) is 35.9 Å². The van der Waals surface area contributed by atoms with Crippen LogP contribution in [-0.4, -0.2) is 26.4 Å². The lowest BCUT2D eigenvalue weighted by Gasteiger charge is -2.10. The Labute approximate surface area is 427 Å². The molecule has 2 heterocycles. The predicted octanol–water partition coefficient (Wildman–Crippen LogP) is 9.76. The van der Waals surface area contributed by atoms with Crippen LogP contribution in [-0.2, 0) is 125 Å². The first-order valence-corrected chi connectivity index (χ1v) is 34.2. The summed E-state index contributed by atoms with van der Waals surface area (Å²) in [4.78, 5) is 36.2. The Kier molecular flexibility index (Phi) is 24.7. The third-order valence-electron chi connectivity index (χ3n) is 8.15. The highest BCUT2D eigenvalue weighted by atomic mass is 33.5. The third kappa shape index (κ3) is 17.7. The lowest BCUT2D eigenvalue weighted by Crippen LogP contribution is -2.03. The van der Waals surface area contributed by atoms with Gasteiger partial charge in [0.1, 0.15) is 62.2 Å². The van der Waals surface area contributed by atoms with Gasteiger partial charge in [0.15, 0.2) is 10.9 Å². The molecular formula is C44H40O10S13. The summed E-state index contributed by atoms with van der Waals surface area (Å²) in [5, 5.41) is 40.6. The molecule has 4 aromatic carbocycles. The van der Waals surface area contributed by atoms with Crippen molar-refractivity contribution in [3.05, 3.63) is 146 Å². The van der Waals surface area contributed by atoms with Crippen LogP contribution in [0.4, 0.5) is 0 Å². The van der Waals surface area contributed by atoms with Crippen molar-refractivity contribution < 1.29 is 38.8 Å². The summed E-state index contributed by atoms with van der Waals surface area (Å²) < 4.78 is 16.6. The summed E-state index contributed by atoms with van der Waals surface area (Å²) >= 11 is 9.40. The molecule has 0 spiro atoms. The zero-order valence-electron chi connectivity index (χ0n) is 34.7. The number of hydrogen-bond acceptors (Lipinski definition) is 12. The number of allylic oxidation sites excluding steroid dienone is 4. The van der Waals surface area contributed by atoms with E-state index in [2.05, 4.69) is 13.2 Å². The Morgan fingerprint density at radius 1 is 0.612 bits per heavy atom. The number of esters is 1. The fourth-order valence-electron chi connectivity index (χ4n) is 5.44. The van der Waals surface area contributed by atoms with Gasteiger partial charge in [-0.1, -0.05) is 50.0 Å².